The zero-order valence-electron chi connectivity index (χ0n) is 18.4. The Bertz CT molecular complexity index is 888. The molecule has 1 aromatic heterocycles. The van der Waals surface area contributed by atoms with Gasteiger partial charge in [-0.1, -0.05) is 31.2 Å². The zero-order chi connectivity index (χ0) is 21.9. The molecule has 0 N–H and O–H groups in total. The van der Waals surface area contributed by atoms with Crippen LogP contribution in [0.1, 0.15) is 61.0 Å². The lowest BCUT2D eigenvalue weighted by Crippen LogP contribution is -2.53. The molecular formula is C23H30N4O3. The predicted octanol–water partition coefficient (Wildman–Crippen LogP) is 3.78. The molecule has 3 rings (SSSR count). The number of hydrogen-bond acceptors (Lipinski definition) is 5. The number of benzene rings is 1. The Morgan fingerprint density at radius 2 is 1.80 bits per heavy atom. The number of hydrogen-bond donors (Lipinski definition) is 0. The van der Waals surface area contributed by atoms with Crippen molar-refractivity contribution in [3.8, 4) is 0 Å². The molecule has 7 nitrogen and oxygen atoms in total. The van der Waals surface area contributed by atoms with Crippen molar-refractivity contribution >= 4 is 12.0 Å². The first-order chi connectivity index (χ1) is 14.2. The van der Waals surface area contributed by atoms with Crippen LogP contribution in [0.5, 0.6) is 0 Å². The van der Waals surface area contributed by atoms with E-state index in [1.807, 2.05) is 39.8 Å². The fourth-order valence-corrected chi connectivity index (χ4v) is 3.43. The average molecular weight is 411 g/mol. The first-order valence-electron chi connectivity index (χ1n) is 10.3. The number of aromatic nitrogens is 2. The molecule has 0 saturated carbocycles. The quantitative estimate of drug-likeness (QED) is 0.770. The fraction of sp³-hybridized carbons (Fsp3) is 0.478. The molecule has 1 aliphatic heterocycles. The minimum atomic E-state index is -0.570. The number of rotatable bonds is 3. The van der Waals surface area contributed by atoms with Crippen molar-refractivity contribution < 1.29 is 14.3 Å². The van der Waals surface area contributed by atoms with Crippen molar-refractivity contribution in [2.24, 2.45) is 0 Å². The third-order valence-electron chi connectivity index (χ3n) is 5.07. The van der Waals surface area contributed by atoms with E-state index in [1.165, 1.54) is 11.8 Å². The number of carbonyl (C=O) groups is 2. The van der Waals surface area contributed by atoms with Gasteiger partial charge in [-0.15, -0.1) is 0 Å². The van der Waals surface area contributed by atoms with E-state index in [0.717, 1.165) is 17.7 Å². The van der Waals surface area contributed by atoms with Crippen LogP contribution in [-0.4, -0.2) is 57.0 Å². The molecule has 2 amide bonds. The summed E-state index contributed by atoms with van der Waals surface area (Å²) in [5, 5.41) is 0. The topological polar surface area (TPSA) is 75.6 Å². The number of piperazine rings is 1. The largest absolute Gasteiger partial charge is 0.444 e. The highest BCUT2D eigenvalue weighted by Crippen LogP contribution is 2.28. The van der Waals surface area contributed by atoms with Crippen LogP contribution in [0, 0.1) is 6.92 Å². The lowest BCUT2D eigenvalue weighted by Gasteiger charge is -2.41. The Morgan fingerprint density at radius 3 is 2.37 bits per heavy atom. The van der Waals surface area contributed by atoms with E-state index < -0.39 is 5.60 Å². The Kier molecular flexibility index (Phi) is 6.39. The predicted molar refractivity (Wildman–Crippen MR) is 114 cm³/mol. The number of ether oxygens (including phenoxy) is 1. The molecule has 2 aromatic rings. The summed E-state index contributed by atoms with van der Waals surface area (Å²) in [6.07, 6.45) is 3.68. The van der Waals surface area contributed by atoms with Crippen LogP contribution in [0.2, 0.25) is 0 Å². The molecule has 0 aliphatic carbocycles. The van der Waals surface area contributed by atoms with Crippen molar-refractivity contribution in [3.63, 3.8) is 0 Å². The molecule has 0 spiro atoms. The van der Waals surface area contributed by atoms with E-state index in [2.05, 4.69) is 29.0 Å². The average Bonchev–Trinajstić information content (AvgIpc) is 2.72. The lowest BCUT2D eigenvalue weighted by molar-refractivity contribution is 0.00395. The van der Waals surface area contributed by atoms with Crippen molar-refractivity contribution in [2.45, 2.75) is 52.7 Å². The van der Waals surface area contributed by atoms with Gasteiger partial charge in [-0.2, -0.15) is 0 Å². The maximum atomic E-state index is 13.2. The molecule has 30 heavy (non-hydrogen) atoms. The van der Waals surface area contributed by atoms with Gasteiger partial charge in [0.15, 0.2) is 0 Å². The Hall–Kier alpha value is -2.96. The minimum absolute atomic E-state index is 0.184. The fourth-order valence-electron chi connectivity index (χ4n) is 3.43. The van der Waals surface area contributed by atoms with Gasteiger partial charge >= 0.3 is 6.09 Å². The van der Waals surface area contributed by atoms with E-state index >= 15 is 0 Å². The molecule has 160 valence electrons. The van der Waals surface area contributed by atoms with Gasteiger partial charge in [0.25, 0.3) is 5.91 Å². The highest BCUT2D eigenvalue weighted by atomic mass is 16.6. The van der Waals surface area contributed by atoms with Gasteiger partial charge in [0, 0.05) is 25.8 Å². The zero-order valence-corrected chi connectivity index (χ0v) is 18.4. The smallest absolute Gasteiger partial charge is 0.410 e. The third-order valence-corrected chi connectivity index (χ3v) is 5.07. The summed E-state index contributed by atoms with van der Waals surface area (Å²) in [4.78, 5) is 37.8. The number of amides is 2. The second kappa shape index (κ2) is 8.81. The van der Waals surface area contributed by atoms with Crippen LogP contribution in [0.3, 0.4) is 0 Å². The molecule has 0 bridgehead atoms. The van der Waals surface area contributed by atoms with Gasteiger partial charge in [0.1, 0.15) is 11.3 Å². The van der Waals surface area contributed by atoms with E-state index in [4.69, 9.17) is 4.74 Å². The van der Waals surface area contributed by atoms with Crippen molar-refractivity contribution in [2.75, 3.05) is 19.6 Å². The van der Waals surface area contributed by atoms with Gasteiger partial charge in [-0.3, -0.25) is 9.78 Å². The van der Waals surface area contributed by atoms with Gasteiger partial charge in [-0.05, 0) is 45.2 Å². The van der Waals surface area contributed by atoms with Crippen molar-refractivity contribution in [3.05, 3.63) is 59.2 Å². The first kappa shape index (κ1) is 21.7. The highest BCUT2D eigenvalue weighted by Gasteiger charge is 2.36. The second-order valence-corrected chi connectivity index (χ2v) is 8.58. The van der Waals surface area contributed by atoms with Gasteiger partial charge in [0.05, 0.1) is 17.9 Å². The number of nitrogens with zero attached hydrogens (tertiary/aromatic N) is 4. The van der Waals surface area contributed by atoms with Crippen molar-refractivity contribution in [1.82, 2.24) is 19.8 Å². The summed E-state index contributed by atoms with van der Waals surface area (Å²) < 4.78 is 5.55. The summed E-state index contributed by atoms with van der Waals surface area (Å²) in [7, 11) is 0. The molecule has 1 atom stereocenters. The van der Waals surface area contributed by atoms with Crippen molar-refractivity contribution in [1.29, 1.82) is 0 Å². The third kappa shape index (κ3) is 5.14. The molecule has 1 fully saturated rings. The van der Waals surface area contributed by atoms with Crippen LogP contribution in [0.15, 0.2) is 36.7 Å². The maximum absolute atomic E-state index is 13.2. The minimum Gasteiger partial charge on any atom is -0.444 e. The first-order valence-corrected chi connectivity index (χ1v) is 10.3. The van der Waals surface area contributed by atoms with E-state index in [9.17, 15) is 9.59 Å². The van der Waals surface area contributed by atoms with Gasteiger partial charge < -0.3 is 14.5 Å². The van der Waals surface area contributed by atoms with E-state index in [1.54, 1.807) is 16.0 Å². The van der Waals surface area contributed by atoms with Crippen LogP contribution >= 0.6 is 0 Å². The molecule has 1 saturated heterocycles. The molecule has 1 aromatic carbocycles. The monoisotopic (exact) mass is 410 g/mol. The SMILES string of the molecule is CCc1ccc([C@H]2CN(C(=O)OC(C)(C)C)CCN2C(=O)c2cnc(C)cn2)cc1. The Balaban J connectivity index is 1.88. The summed E-state index contributed by atoms with van der Waals surface area (Å²) >= 11 is 0. The second-order valence-electron chi connectivity index (χ2n) is 8.58. The van der Waals surface area contributed by atoms with Crippen LogP contribution in [0.4, 0.5) is 4.79 Å². The van der Waals surface area contributed by atoms with Crippen LogP contribution in [-0.2, 0) is 11.2 Å². The van der Waals surface area contributed by atoms with Crippen LogP contribution < -0.4 is 0 Å². The normalized spacial score (nSPS) is 17.0. The summed E-state index contributed by atoms with van der Waals surface area (Å²) in [6.45, 7) is 10.7. The van der Waals surface area contributed by atoms with Gasteiger partial charge in [0.2, 0.25) is 0 Å². The molecule has 2 heterocycles. The molecular weight excluding hydrogens is 380 g/mol. The maximum Gasteiger partial charge on any atom is 0.410 e. The van der Waals surface area contributed by atoms with E-state index in [0.29, 0.717) is 25.3 Å². The number of carbonyl (C=O) groups excluding carboxylic acids is 2. The standard InChI is InChI=1S/C23H30N4O3/c1-6-17-7-9-18(10-8-17)20-15-26(22(29)30-23(3,4)5)11-12-27(20)21(28)19-14-24-16(2)13-25-19/h7-10,13-14,20H,6,11-12,15H2,1-5H3/t20-/m1/s1. The molecule has 1 aliphatic rings. The lowest BCUT2D eigenvalue weighted by atomic mass is 10.00. The molecule has 7 heteroatoms. The Labute approximate surface area is 178 Å². The highest BCUT2D eigenvalue weighted by molar-refractivity contribution is 5.92. The molecule has 0 unspecified atom stereocenters. The van der Waals surface area contributed by atoms with Gasteiger partial charge in [-0.25, -0.2) is 9.78 Å². The van der Waals surface area contributed by atoms with Crippen LogP contribution in [0.25, 0.3) is 0 Å². The summed E-state index contributed by atoms with van der Waals surface area (Å²) in [6, 6.07) is 7.91. The summed E-state index contributed by atoms with van der Waals surface area (Å²) in [5.74, 6) is -0.184. The summed E-state index contributed by atoms with van der Waals surface area (Å²) in [5.41, 5.74) is 2.70. The van der Waals surface area contributed by atoms with E-state index in [-0.39, 0.29) is 18.0 Å². The molecule has 0 radical (unpaired) electrons. The Morgan fingerprint density at radius 1 is 1.10 bits per heavy atom. The number of aryl methyl sites for hydroxylation is 2.